The smallest absolute Gasteiger partial charge is 0.348 e. The fraction of sp³-hybridized carbons (Fsp3) is 0.357. The number of nitrogens with zero attached hydrogens (tertiary/aromatic N) is 2. The van der Waals surface area contributed by atoms with E-state index in [9.17, 15) is 9.90 Å². The maximum atomic E-state index is 13.5. The molecular formula is C28H33N2O3+. The summed E-state index contributed by atoms with van der Waals surface area (Å²) in [5, 5.41) is 11.7. The van der Waals surface area contributed by atoms with Crippen LogP contribution in [0.1, 0.15) is 36.1 Å². The first-order chi connectivity index (χ1) is 16.0. The molecule has 1 unspecified atom stereocenters. The molecule has 0 saturated carbocycles. The molecule has 0 bridgehead atoms. The molecule has 0 spiro atoms. The van der Waals surface area contributed by atoms with E-state index < -0.39 is 11.6 Å². The number of ether oxygens (including phenoxy) is 1. The average Bonchev–Trinajstić information content (AvgIpc) is 2.85. The molecule has 0 aliphatic carbocycles. The maximum Gasteiger partial charge on any atom is 0.348 e. The standard InChI is InChI=1S/C28H33N2O3/c1-30(20-10-17-25-16-8-9-19-29-25)21-11-18-26(22-30)33-27(31)28(32,23-12-4-2-5-13-23)24-14-6-3-7-15-24/h2-9,12-16,19,26,32H,10-11,17-18,20-22H2,1H3/q+1/t26-,30?/m1/s1. The Morgan fingerprint density at radius 2 is 1.67 bits per heavy atom. The molecule has 5 heteroatoms. The number of aliphatic hydroxyl groups is 1. The van der Waals surface area contributed by atoms with Crippen LogP contribution in [0.15, 0.2) is 85.1 Å². The number of pyridine rings is 1. The number of piperidine rings is 1. The predicted molar refractivity (Wildman–Crippen MR) is 128 cm³/mol. The van der Waals surface area contributed by atoms with E-state index in [1.165, 1.54) is 0 Å². The van der Waals surface area contributed by atoms with Gasteiger partial charge in [0.1, 0.15) is 6.54 Å². The molecule has 1 aromatic heterocycles. The Hall–Kier alpha value is -3.02. The van der Waals surface area contributed by atoms with E-state index in [-0.39, 0.29) is 6.10 Å². The summed E-state index contributed by atoms with van der Waals surface area (Å²) in [7, 11) is 2.24. The number of quaternary nitrogens is 1. The molecular weight excluding hydrogens is 412 g/mol. The molecule has 2 atom stereocenters. The van der Waals surface area contributed by atoms with Gasteiger partial charge >= 0.3 is 5.97 Å². The van der Waals surface area contributed by atoms with Crippen molar-refractivity contribution in [2.24, 2.45) is 0 Å². The maximum absolute atomic E-state index is 13.5. The van der Waals surface area contributed by atoms with Gasteiger partial charge in [0, 0.05) is 24.7 Å². The molecule has 1 saturated heterocycles. The van der Waals surface area contributed by atoms with Crippen molar-refractivity contribution in [1.82, 2.24) is 4.98 Å². The van der Waals surface area contributed by atoms with E-state index in [0.29, 0.717) is 11.1 Å². The third kappa shape index (κ3) is 5.49. The number of likely N-dealkylation sites (N-methyl/N-ethyl adjacent to an activating group) is 1. The van der Waals surface area contributed by atoms with Crippen molar-refractivity contribution in [3.8, 4) is 0 Å². The van der Waals surface area contributed by atoms with Gasteiger partial charge in [0.25, 0.3) is 0 Å². The summed E-state index contributed by atoms with van der Waals surface area (Å²) < 4.78 is 6.87. The van der Waals surface area contributed by atoms with Gasteiger partial charge < -0.3 is 14.3 Å². The number of hydrogen-bond acceptors (Lipinski definition) is 4. The monoisotopic (exact) mass is 445 g/mol. The average molecular weight is 446 g/mol. The van der Waals surface area contributed by atoms with Crippen molar-refractivity contribution in [2.75, 3.05) is 26.7 Å². The van der Waals surface area contributed by atoms with Crippen molar-refractivity contribution in [2.45, 2.75) is 37.4 Å². The fourth-order valence-electron chi connectivity index (χ4n) is 4.86. The Morgan fingerprint density at radius 3 is 2.27 bits per heavy atom. The molecule has 1 aliphatic heterocycles. The van der Waals surface area contributed by atoms with Crippen LogP contribution in [0.25, 0.3) is 0 Å². The second-order valence-corrected chi connectivity index (χ2v) is 9.29. The first-order valence-electron chi connectivity index (χ1n) is 11.8. The van der Waals surface area contributed by atoms with Crippen LogP contribution in [-0.2, 0) is 21.6 Å². The zero-order valence-corrected chi connectivity index (χ0v) is 19.3. The van der Waals surface area contributed by atoms with E-state index in [4.69, 9.17) is 4.74 Å². The van der Waals surface area contributed by atoms with Gasteiger partial charge in [0.2, 0.25) is 5.60 Å². The molecule has 1 N–H and O–H groups in total. The van der Waals surface area contributed by atoms with Crippen molar-refractivity contribution in [3.63, 3.8) is 0 Å². The first-order valence-corrected chi connectivity index (χ1v) is 11.8. The van der Waals surface area contributed by atoms with E-state index in [1.54, 1.807) is 24.3 Å². The van der Waals surface area contributed by atoms with Gasteiger partial charge in [-0.25, -0.2) is 4.79 Å². The lowest BCUT2D eigenvalue weighted by Crippen LogP contribution is -2.55. The van der Waals surface area contributed by atoms with Crippen molar-refractivity contribution in [1.29, 1.82) is 0 Å². The van der Waals surface area contributed by atoms with Crippen molar-refractivity contribution in [3.05, 3.63) is 102 Å². The molecule has 4 rings (SSSR count). The van der Waals surface area contributed by atoms with Gasteiger partial charge in [-0.1, -0.05) is 66.7 Å². The Morgan fingerprint density at radius 1 is 1.03 bits per heavy atom. The van der Waals surface area contributed by atoms with Crippen LogP contribution >= 0.6 is 0 Å². The summed E-state index contributed by atoms with van der Waals surface area (Å²) in [5.41, 5.74) is 0.316. The van der Waals surface area contributed by atoms with E-state index in [0.717, 1.165) is 55.5 Å². The molecule has 1 fully saturated rings. The van der Waals surface area contributed by atoms with Crippen LogP contribution in [0.5, 0.6) is 0 Å². The summed E-state index contributed by atoms with van der Waals surface area (Å²) in [4.78, 5) is 17.9. The molecule has 172 valence electrons. The van der Waals surface area contributed by atoms with Crippen molar-refractivity contribution < 1.29 is 19.1 Å². The molecule has 0 radical (unpaired) electrons. The Balaban J connectivity index is 1.44. The highest BCUT2D eigenvalue weighted by Gasteiger charge is 2.44. The van der Waals surface area contributed by atoms with Crippen LogP contribution in [-0.4, -0.2) is 53.3 Å². The molecule has 1 aliphatic rings. The molecule has 0 amide bonds. The van der Waals surface area contributed by atoms with Crippen LogP contribution < -0.4 is 0 Å². The summed E-state index contributed by atoms with van der Waals surface area (Å²) in [6, 6.07) is 24.2. The zero-order chi connectivity index (χ0) is 23.2. The number of aromatic nitrogens is 1. The number of likely N-dealkylation sites (tertiary alicyclic amines) is 1. The summed E-state index contributed by atoms with van der Waals surface area (Å²) in [6.07, 6.45) is 5.41. The van der Waals surface area contributed by atoms with Crippen molar-refractivity contribution >= 4 is 5.97 Å². The quantitative estimate of drug-likeness (QED) is 0.419. The number of carbonyl (C=O) groups excluding carboxylic acids is 1. The minimum absolute atomic E-state index is 0.218. The van der Waals surface area contributed by atoms with Crippen LogP contribution in [0, 0.1) is 0 Å². The Bertz CT molecular complexity index is 987. The number of aryl methyl sites for hydroxylation is 1. The minimum atomic E-state index is -1.83. The van der Waals surface area contributed by atoms with Gasteiger partial charge in [-0.2, -0.15) is 0 Å². The first kappa shape index (κ1) is 23.1. The van der Waals surface area contributed by atoms with Gasteiger partial charge in [-0.05, 0) is 36.1 Å². The highest BCUT2D eigenvalue weighted by atomic mass is 16.6. The molecule has 2 heterocycles. The topological polar surface area (TPSA) is 59.4 Å². The number of esters is 1. The Labute approximate surface area is 196 Å². The fourth-order valence-corrected chi connectivity index (χ4v) is 4.86. The highest BCUT2D eigenvalue weighted by Crippen LogP contribution is 2.32. The minimum Gasteiger partial charge on any atom is -0.454 e. The van der Waals surface area contributed by atoms with Crippen LogP contribution in [0.3, 0.4) is 0 Å². The predicted octanol–water partition coefficient (Wildman–Crippen LogP) is 4.10. The highest BCUT2D eigenvalue weighted by molar-refractivity contribution is 5.85. The van der Waals surface area contributed by atoms with Gasteiger partial charge in [-0.3, -0.25) is 4.98 Å². The van der Waals surface area contributed by atoms with Gasteiger partial charge in [0.15, 0.2) is 6.10 Å². The molecule has 2 aromatic carbocycles. The third-order valence-electron chi connectivity index (χ3n) is 6.68. The number of hydrogen-bond donors (Lipinski definition) is 1. The van der Waals surface area contributed by atoms with E-state index in [2.05, 4.69) is 18.1 Å². The van der Waals surface area contributed by atoms with E-state index in [1.807, 2.05) is 54.7 Å². The Kier molecular flexibility index (Phi) is 7.21. The zero-order valence-electron chi connectivity index (χ0n) is 19.3. The molecule has 33 heavy (non-hydrogen) atoms. The van der Waals surface area contributed by atoms with Crippen LogP contribution in [0.2, 0.25) is 0 Å². The largest absolute Gasteiger partial charge is 0.454 e. The number of benzene rings is 2. The number of rotatable bonds is 8. The second-order valence-electron chi connectivity index (χ2n) is 9.29. The SMILES string of the molecule is C[N+]1(CCCc2ccccn2)CCC[C@@H](OC(=O)C(O)(c2ccccc2)c2ccccc2)C1. The van der Waals surface area contributed by atoms with Crippen LogP contribution in [0.4, 0.5) is 0 Å². The number of carbonyl (C=O) groups is 1. The summed E-state index contributed by atoms with van der Waals surface area (Å²) in [6.45, 7) is 2.83. The van der Waals surface area contributed by atoms with Gasteiger partial charge in [-0.15, -0.1) is 0 Å². The van der Waals surface area contributed by atoms with E-state index >= 15 is 0 Å². The lowest BCUT2D eigenvalue weighted by Gasteiger charge is -2.41. The third-order valence-corrected chi connectivity index (χ3v) is 6.68. The summed E-state index contributed by atoms with van der Waals surface area (Å²) in [5.74, 6) is -0.605. The molecule has 5 nitrogen and oxygen atoms in total. The normalized spacial score (nSPS) is 20.8. The molecule has 3 aromatic rings. The lowest BCUT2D eigenvalue weighted by atomic mass is 9.86. The lowest BCUT2D eigenvalue weighted by molar-refractivity contribution is -0.917. The second kappa shape index (κ2) is 10.3. The van der Waals surface area contributed by atoms with Gasteiger partial charge in [0.05, 0.1) is 20.1 Å². The summed E-state index contributed by atoms with van der Waals surface area (Å²) >= 11 is 0.